The lowest BCUT2D eigenvalue weighted by Gasteiger charge is -2.16. The van der Waals surface area contributed by atoms with E-state index < -0.39 is 20.5 Å². The van der Waals surface area contributed by atoms with Gasteiger partial charge < -0.3 is 9.73 Å². The Morgan fingerprint density at radius 2 is 1.84 bits per heavy atom. The first kappa shape index (κ1) is 19.4. The average molecular weight is 386 g/mol. The van der Waals surface area contributed by atoms with Gasteiger partial charge in [0.15, 0.2) is 0 Å². The summed E-state index contributed by atoms with van der Waals surface area (Å²) in [6, 6.07) is 6.48. The molecule has 9 heteroatoms. The van der Waals surface area contributed by atoms with Crippen molar-refractivity contribution < 1.29 is 17.6 Å². The summed E-state index contributed by atoms with van der Waals surface area (Å²) in [4.78, 5) is 11.8. The molecule has 0 fully saturated rings. The Kier molecular flexibility index (Phi) is 5.84. The normalized spacial score (nSPS) is 12.2. The van der Waals surface area contributed by atoms with Gasteiger partial charge in [-0.15, -0.1) is 5.10 Å². The maximum atomic E-state index is 12.3. The SMILES string of the molecule is CC(C)(C)C(=O)NCCc1nnc(S(=O)(=O)Cc2ccc(Cl)cc2)o1. The summed E-state index contributed by atoms with van der Waals surface area (Å²) in [5.74, 6) is -0.210. The molecule has 1 amide bonds. The van der Waals surface area contributed by atoms with Crippen molar-refractivity contribution in [2.75, 3.05) is 6.54 Å². The first-order valence-corrected chi connectivity index (χ1v) is 9.69. The number of aromatic nitrogens is 2. The number of hydrogen-bond acceptors (Lipinski definition) is 6. The maximum absolute atomic E-state index is 12.3. The zero-order chi connectivity index (χ0) is 18.7. The molecule has 7 nitrogen and oxygen atoms in total. The van der Waals surface area contributed by atoms with Crippen LogP contribution in [0.5, 0.6) is 0 Å². The molecule has 0 aliphatic carbocycles. The van der Waals surface area contributed by atoms with Crippen molar-refractivity contribution in [3.8, 4) is 0 Å². The Hall–Kier alpha value is -1.93. The van der Waals surface area contributed by atoms with Gasteiger partial charge in [-0.2, -0.15) is 0 Å². The van der Waals surface area contributed by atoms with Crippen molar-refractivity contribution >= 4 is 27.3 Å². The van der Waals surface area contributed by atoms with E-state index in [9.17, 15) is 13.2 Å². The minimum Gasteiger partial charge on any atom is -0.412 e. The molecule has 136 valence electrons. The van der Waals surface area contributed by atoms with Crippen LogP contribution < -0.4 is 5.32 Å². The van der Waals surface area contributed by atoms with E-state index in [4.69, 9.17) is 16.0 Å². The molecule has 0 bridgehead atoms. The summed E-state index contributed by atoms with van der Waals surface area (Å²) in [6.45, 7) is 5.69. The zero-order valence-electron chi connectivity index (χ0n) is 14.2. The minimum absolute atomic E-state index is 0.109. The van der Waals surface area contributed by atoms with E-state index in [0.717, 1.165) is 0 Å². The Balaban J connectivity index is 1.97. The van der Waals surface area contributed by atoms with Gasteiger partial charge in [0.05, 0.1) is 5.75 Å². The van der Waals surface area contributed by atoms with E-state index in [1.807, 2.05) is 0 Å². The number of amides is 1. The minimum atomic E-state index is -3.74. The van der Waals surface area contributed by atoms with E-state index in [1.54, 1.807) is 45.0 Å². The summed E-state index contributed by atoms with van der Waals surface area (Å²) >= 11 is 5.78. The van der Waals surface area contributed by atoms with E-state index in [2.05, 4.69) is 15.5 Å². The Morgan fingerprint density at radius 3 is 2.44 bits per heavy atom. The number of nitrogens with zero attached hydrogens (tertiary/aromatic N) is 2. The second-order valence-corrected chi connectivity index (χ2v) is 8.91. The third-order valence-corrected chi connectivity index (χ3v) is 4.95. The molecule has 1 heterocycles. The Morgan fingerprint density at radius 1 is 1.20 bits per heavy atom. The third-order valence-electron chi connectivity index (χ3n) is 3.29. The average Bonchev–Trinajstić information content (AvgIpc) is 2.98. The van der Waals surface area contributed by atoms with Crippen LogP contribution in [0.4, 0.5) is 0 Å². The van der Waals surface area contributed by atoms with Gasteiger partial charge in [0.2, 0.25) is 21.6 Å². The van der Waals surface area contributed by atoms with Crippen molar-refractivity contribution in [3.05, 3.63) is 40.7 Å². The fourth-order valence-electron chi connectivity index (χ4n) is 1.87. The molecule has 0 aliphatic rings. The second-order valence-electron chi connectivity index (χ2n) is 6.60. The lowest BCUT2D eigenvalue weighted by molar-refractivity contribution is -0.128. The standard InChI is InChI=1S/C16H20ClN3O4S/c1-16(2,3)14(21)18-9-8-13-19-20-15(24-13)25(22,23)10-11-4-6-12(17)7-5-11/h4-7H,8-10H2,1-3H3,(H,18,21). The Labute approximate surface area is 151 Å². The van der Waals surface area contributed by atoms with Crippen molar-refractivity contribution in [3.63, 3.8) is 0 Å². The molecule has 0 saturated heterocycles. The summed E-state index contributed by atoms with van der Waals surface area (Å²) in [7, 11) is -3.74. The number of rotatable bonds is 6. The van der Waals surface area contributed by atoms with Crippen molar-refractivity contribution in [1.29, 1.82) is 0 Å². The topological polar surface area (TPSA) is 102 Å². The van der Waals surface area contributed by atoms with E-state index in [0.29, 0.717) is 10.6 Å². The van der Waals surface area contributed by atoms with Crippen molar-refractivity contribution in [1.82, 2.24) is 15.5 Å². The van der Waals surface area contributed by atoms with E-state index in [-0.39, 0.29) is 30.5 Å². The van der Waals surface area contributed by atoms with Gasteiger partial charge in [-0.1, -0.05) is 49.6 Å². The molecule has 0 spiro atoms. The molecular weight excluding hydrogens is 366 g/mol. The number of carbonyl (C=O) groups is 1. The lowest BCUT2D eigenvalue weighted by Crippen LogP contribution is -2.35. The van der Waals surface area contributed by atoms with Crippen LogP contribution in [0, 0.1) is 5.41 Å². The van der Waals surface area contributed by atoms with Crippen LogP contribution in [0.3, 0.4) is 0 Å². The number of benzene rings is 1. The summed E-state index contributed by atoms with van der Waals surface area (Å²) in [5.41, 5.74) is 0.0728. The molecule has 0 unspecified atom stereocenters. The Bertz CT molecular complexity index is 839. The number of sulfone groups is 1. The zero-order valence-corrected chi connectivity index (χ0v) is 15.8. The quantitative estimate of drug-likeness (QED) is 0.819. The third kappa shape index (κ3) is 5.54. The molecule has 0 saturated carbocycles. The van der Waals surface area contributed by atoms with Gasteiger partial charge in [0, 0.05) is 23.4 Å². The van der Waals surface area contributed by atoms with Crippen LogP contribution in [0.2, 0.25) is 5.02 Å². The van der Waals surface area contributed by atoms with E-state index in [1.165, 1.54) is 0 Å². The molecule has 1 N–H and O–H groups in total. The van der Waals surface area contributed by atoms with Crippen molar-refractivity contribution in [2.24, 2.45) is 5.41 Å². The largest absolute Gasteiger partial charge is 0.412 e. The van der Waals surface area contributed by atoms with Gasteiger partial charge >= 0.3 is 5.22 Å². The lowest BCUT2D eigenvalue weighted by atomic mass is 9.96. The molecule has 0 radical (unpaired) electrons. The van der Waals surface area contributed by atoms with Gasteiger partial charge in [-0.25, -0.2) is 8.42 Å². The van der Waals surface area contributed by atoms with Gasteiger partial charge in [-0.3, -0.25) is 4.79 Å². The summed E-state index contributed by atoms with van der Waals surface area (Å²) in [5, 5.41) is 10.2. The number of hydrogen-bond donors (Lipinski definition) is 1. The number of nitrogens with one attached hydrogen (secondary N) is 1. The molecule has 0 atom stereocenters. The van der Waals surface area contributed by atoms with Crippen molar-refractivity contribution in [2.45, 2.75) is 38.2 Å². The van der Waals surface area contributed by atoms with Crippen LogP contribution in [-0.4, -0.2) is 31.1 Å². The van der Waals surface area contributed by atoms with Gasteiger partial charge in [0.1, 0.15) is 0 Å². The van der Waals surface area contributed by atoms with Crippen LogP contribution >= 0.6 is 11.6 Å². The van der Waals surface area contributed by atoms with Gasteiger partial charge in [-0.05, 0) is 17.7 Å². The highest BCUT2D eigenvalue weighted by Crippen LogP contribution is 2.17. The highest BCUT2D eigenvalue weighted by Gasteiger charge is 2.24. The first-order valence-electron chi connectivity index (χ1n) is 7.66. The predicted molar refractivity (Wildman–Crippen MR) is 92.8 cm³/mol. The fraction of sp³-hybridized carbons (Fsp3) is 0.438. The first-order chi connectivity index (χ1) is 11.6. The monoisotopic (exact) mass is 385 g/mol. The molecule has 2 rings (SSSR count). The smallest absolute Gasteiger partial charge is 0.335 e. The van der Waals surface area contributed by atoms with Crippen LogP contribution in [0.15, 0.2) is 33.9 Å². The highest BCUT2D eigenvalue weighted by atomic mass is 35.5. The fourth-order valence-corrected chi connectivity index (χ4v) is 3.14. The number of carbonyl (C=O) groups excluding carboxylic acids is 1. The summed E-state index contributed by atoms with van der Waals surface area (Å²) < 4.78 is 29.9. The summed E-state index contributed by atoms with van der Waals surface area (Å²) in [6.07, 6.45) is 0.255. The van der Waals surface area contributed by atoms with Gasteiger partial charge in [0.25, 0.3) is 0 Å². The molecule has 25 heavy (non-hydrogen) atoms. The maximum Gasteiger partial charge on any atom is 0.335 e. The molecule has 0 aliphatic heterocycles. The number of halogens is 1. The van der Waals surface area contributed by atoms with Crippen LogP contribution in [0.1, 0.15) is 32.2 Å². The van der Waals surface area contributed by atoms with E-state index >= 15 is 0 Å². The second kappa shape index (κ2) is 7.53. The molecular formula is C16H20ClN3O4S. The molecule has 1 aromatic heterocycles. The predicted octanol–water partition coefficient (Wildman–Crippen LogP) is 2.40. The van der Waals surface area contributed by atoms with Crippen LogP contribution in [0.25, 0.3) is 0 Å². The molecule has 1 aromatic carbocycles. The highest BCUT2D eigenvalue weighted by molar-refractivity contribution is 7.90. The van der Waals surface area contributed by atoms with Crippen LogP contribution in [-0.2, 0) is 26.8 Å². The molecule has 2 aromatic rings.